The van der Waals surface area contributed by atoms with Crippen molar-refractivity contribution in [2.24, 2.45) is 41.2 Å². The molecule has 1 saturated heterocycles. The number of benzene rings is 2. The Morgan fingerprint density at radius 3 is 2.05 bits per heavy atom. The van der Waals surface area contributed by atoms with E-state index in [1.807, 2.05) is 82.3 Å². The van der Waals surface area contributed by atoms with Crippen molar-refractivity contribution in [1.29, 1.82) is 0 Å². The van der Waals surface area contributed by atoms with Crippen LogP contribution in [-0.4, -0.2) is 141 Å². The fourth-order valence-corrected chi connectivity index (χ4v) is 12.3. The van der Waals surface area contributed by atoms with Gasteiger partial charge in [-0.1, -0.05) is 109 Å². The lowest BCUT2D eigenvalue weighted by atomic mass is 9.82. The van der Waals surface area contributed by atoms with Gasteiger partial charge in [0.15, 0.2) is 23.5 Å². The lowest BCUT2D eigenvalue weighted by molar-refractivity contribution is -0.941. The minimum atomic E-state index is -1.21. The molecule has 2 aliphatic heterocycles. The third-order valence-electron chi connectivity index (χ3n) is 16.8. The van der Waals surface area contributed by atoms with Crippen LogP contribution < -0.4 is 16.4 Å². The van der Waals surface area contributed by atoms with Crippen LogP contribution in [0.5, 0.6) is 0 Å². The number of piperidine rings is 1. The van der Waals surface area contributed by atoms with E-state index < -0.39 is 89.4 Å². The monoisotopic (exact) mass is 1170 g/mol. The molecule has 2 aromatic carbocycles. The van der Waals surface area contributed by atoms with Crippen molar-refractivity contribution < 1.29 is 62.3 Å². The fraction of sp³-hybridized carbons (Fsp3) is 0.571. The quantitative estimate of drug-likeness (QED) is 0.0279. The van der Waals surface area contributed by atoms with Gasteiger partial charge in [-0.05, 0) is 61.5 Å². The van der Waals surface area contributed by atoms with Crippen LogP contribution in [0.25, 0.3) is 0 Å². The number of hydrogen-bond donors (Lipinski definition) is 4. The summed E-state index contributed by atoms with van der Waals surface area (Å²) in [5.41, 5.74) is 8.55. The summed E-state index contributed by atoms with van der Waals surface area (Å²) in [4.78, 5) is 140. The van der Waals surface area contributed by atoms with E-state index in [9.17, 15) is 53.1 Å². The van der Waals surface area contributed by atoms with Crippen molar-refractivity contribution in [3.8, 4) is 0 Å². The lowest BCUT2D eigenvalue weighted by Gasteiger charge is -2.44. The highest BCUT2D eigenvalue weighted by atomic mass is 32.1. The predicted octanol–water partition coefficient (Wildman–Crippen LogP) is 6.99. The van der Waals surface area contributed by atoms with Gasteiger partial charge in [-0.2, -0.15) is 0 Å². The van der Waals surface area contributed by atoms with Gasteiger partial charge in [0.2, 0.25) is 11.8 Å². The zero-order valence-electron chi connectivity index (χ0n) is 50.3. The summed E-state index contributed by atoms with van der Waals surface area (Å²) in [6.07, 6.45) is 4.94. The van der Waals surface area contributed by atoms with Crippen LogP contribution in [0.1, 0.15) is 152 Å². The van der Waals surface area contributed by atoms with Crippen LogP contribution in [0.15, 0.2) is 72.1 Å². The number of nitrogens with zero attached hydrogens (tertiary/aromatic N) is 4. The molecule has 5 rings (SSSR count). The Bertz CT molecular complexity index is 2800. The number of quaternary nitrogens is 1. The highest BCUT2D eigenvalue weighted by Gasteiger charge is 2.44. The van der Waals surface area contributed by atoms with E-state index in [4.69, 9.17) is 10.5 Å². The standard InChI is InChI=1S/C63H87N7O12S/c1-12-39(6)48(62(79)68(10)50(38(4)5)33-56(82-42(9)71)61-67-49(36-83-61)60(78)66-46(28-40(7)63(80)81)29-43-18-14-13-15-19-43)32-55(74)52-20-16-17-27-70(52,11)35-45-23-21-44(22-24-45)30-53(72)41(8)65-59(77)47(37(2)3)31-54(73)51(34-64)69-57(75)25-26-58(69)76/h13-15,18-19,21-26,36-41,46-48,50-52,56H,12,16-17,20,27-35,64H2,1-11H3,(H2-,65,66,77,78,80,81)/p+1/t39-,40-,41-,46+,47-,48-,50+,51-,52+,56+,70?/m0/s1. The van der Waals surface area contributed by atoms with E-state index in [1.165, 1.54) is 6.92 Å². The van der Waals surface area contributed by atoms with E-state index in [-0.39, 0.29) is 85.6 Å². The molecule has 1 aromatic heterocycles. The molecule has 83 heavy (non-hydrogen) atoms. The summed E-state index contributed by atoms with van der Waals surface area (Å²) in [7, 11) is 3.82. The van der Waals surface area contributed by atoms with Crippen molar-refractivity contribution in [1.82, 2.24) is 25.4 Å². The topological polar surface area (TPSA) is 270 Å². The number of nitrogens with one attached hydrogen (secondary N) is 2. The summed E-state index contributed by atoms with van der Waals surface area (Å²) in [6, 6.07) is 13.7. The molecule has 5 amide bonds. The number of aliphatic carboxylic acids is 1. The van der Waals surface area contributed by atoms with Gasteiger partial charge >= 0.3 is 11.9 Å². The minimum absolute atomic E-state index is 0.0192. The number of esters is 1. The van der Waals surface area contributed by atoms with E-state index in [2.05, 4.69) is 22.7 Å². The molecule has 0 aliphatic carbocycles. The summed E-state index contributed by atoms with van der Waals surface area (Å²) in [6.45, 7) is 17.0. The zero-order valence-corrected chi connectivity index (χ0v) is 51.1. The number of ether oxygens (including phenoxy) is 1. The van der Waals surface area contributed by atoms with Crippen LogP contribution in [0, 0.1) is 35.5 Å². The Kier molecular flexibility index (Phi) is 24.8. The van der Waals surface area contributed by atoms with Crippen molar-refractivity contribution in [2.75, 3.05) is 27.2 Å². The lowest BCUT2D eigenvalue weighted by Crippen LogP contribution is -2.58. The first-order valence-electron chi connectivity index (χ1n) is 29.2. The number of carbonyl (C=O) groups excluding carboxylic acids is 9. The number of rotatable bonds is 32. The molecule has 0 bridgehead atoms. The second-order valence-corrected chi connectivity index (χ2v) is 24.8. The molecule has 452 valence electrons. The third kappa shape index (κ3) is 18.4. The molecule has 3 heterocycles. The largest absolute Gasteiger partial charge is 0.481 e. The second kappa shape index (κ2) is 30.7. The van der Waals surface area contributed by atoms with Crippen LogP contribution in [0.2, 0.25) is 0 Å². The molecule has 20 heteroatoms. The number of likely N-dealkylation sites (N-methyl/N-ethyl adjacent to an activating group) is 1. The Hall–Kier alpha value is -6.77. The van der Waals surface area contributed by atoms with Crippen LogP contribution in [0.4, 0.5) is 0 Å². The summed E-state index contributed by atoms with van der Waals surface area (Å²) < 4.78 is 6.33. The normalized spacial score (nSPS) is 19.4. The first kappa shape index (κ1) is 67.0. The highest BCUT2D eigenvalue weighted by Crippen LogP contribution is 2.35. The van der Waals surface area contributed by atoms with Crippen molar-refractivity contribution >= 4 is 70.2 Å². The molecule has 1 unspecified atom stereocenters. The first-order valence-corrected chi connectivity index (χ1v) is 30.1. The molecule has 19 nitrogen and oxygen atoms in total. The van der Waals surface area contributed by atoms with Crippen LogP contribution in [0.3, 0.4) is 0 Å². The molecule has 11 atom stereocenters. The smallest absolute Gasteiger partial charge is 0.306 e. The predicted molar refractivity (Wildman–Crippen MR) is 315 cm³/mol. The maximum atomic E-state index is 14.9. The Labute approximate surface area is 493 Å². The fourth-order valence-electron chi connectivity index (χ4n) is 11.5. The van der Waals surface area contributed by atoms with E-state index in [1.54, 1.807) is 45.0 Å². The number of amides is 5. The summed E-state index contributed by atoms with van der Waals surface area (Å²) in [5, 5.41) is 17.4. The van der Waals surface area contributed by atoms with Gasteiger partial charge in [-0.15, -0.1) is 11.3 Å². The van der Waals surface area contributed by atoms with Crippen molar-refractivity contribution in [3.63, 3.8) is 0 Å². The average molecular weight is 1170 g/mol. The number of carboxylic acid groups (broad SMARTS) is 1. The van der Waals surface area contributed by atoms with Gasteiger partial charge in [-0.3, -0.25) is 52.8 Å². The number of nitrogens with two attached hydrogens (primary N) is 1. The van der Waals surface area contributed by atoms with Crippen molar-refractivity contribution in [2.45, 2.75) is 169 Å². The van der Waals surface area contributed by atoms with Gasteiger partial charge in [0.1, 0.15) is 29.3 Å². The maximum Gasteiger partial charge on any atom is 0.306 e. The molecule has 0 spiro atoms. The number of carboxylic acids is 1. The number of carbonyl (C=O) groups is 10. The molecule has 0 saturated carbocycles. The number of aromatic nitrogens is 1. The SMILES string of the molecule is CC[C@H](C)[C@H](CC(=O)[C@H]1CCCC[N+]1(C)Cc1ccc(CC(=O)[C@H](C)NC(=O)[C@@H](CC(=O)[C@H](CN)N2C(=O)C=CC2=O)C(C)C)cc1)C(=O)N(C)[C@H](C[C@@H](OC(C)=O)c1nc(C(=O)N[C@@H](Cc2ccccc2)C[C@H](C)C(=O)O)cs1)C(C)C. The highest BCUT2D eigenvalue weighted by molar-refractivity contribution is 7.09. The Balaban J connectivity index is 1.23. The number of Topliss-reactive ketones (excluding diaryl/α,β-unsaturated/α-hetero) is 3. The number of thiazole rings is 1. The maximum absolute atomic E-state index is 14.9. The first-order chi connectivity index (χ1) is 39.2. The van der Waals surface area contributed by atoms with E-state index >= 15 is 0 Å². The average Bonchev–Trinajstić information content (AvgIpc) is 4.12. The molecular formula is C63H88N7O12S+. The van der Waals surface area contributed by atoms with Gasteiger partial charge in [0, 0.05) is 99.6 Å². The summed E-state index contributed by atoms with van der Waals surface area (Å²) >= 11 is 1.16. The minimum Gasteiger partial charge on any atom is -0.481 e. The molecule has 0 radical (unpaired) electrons. The van der Waals surface area contributed by atoms with Gasteiger partial charge < -0.3 is 35.6 Å². The van der Waals surface area contributed by atoms with E-state index in [0.717, 1.165) is 64.5 Å². The molecular weight excluding hydrogens is 1080 g/mol. The molecule has 5 N–H and O–H groups in total. The number of hydrogen-bond acceptors (Lipinski definition) is 14. The van der Waals surface area contributed by atoms with Crippen LogP contribution >= 0.6 is 11.3 Å². The summed E-state index contributed by atoms with van der Waals surface area (Å²) in [5.74, 6) is -7.50. The van der Waals surface area contributed by atoms with E-state index in [0.29, 0.717) is 35.3 Å². The zero-order chi connectivity index (χ0) is 61.5. The van der Waals surface area contributed by atoms with Crippen molar-refractivity contribution in [3.05, 3.63) is 99.5 Å². The number of imide groups is 1. The number of likely N-dealkylation sites (tertiary alicyclic amines) is 1. The van der Waals surface area contributed by atoms with Crippen LogP contribution in [-0.2, 0) is 67.3 Å². The Morgan fingerprint density at radius 2 is 1.47 bits per heavy atom. The molecule has 3 aromatic rings. The molecule has 1 fully saturated rings. The van der Waals surface area contributed by atoms with Gasteiger partial charge in [0.25, 0.3) is 17.7 Å². The third-order valence-corrected chi connectivity index (χ3v) is 17.8. The van der Waals surface area contributed by atoms with Gasteiger partial charge in [-0.25, -0.2) is 4.98 Å². The number of ketones is 3. The molecule has 2 aliphatic rings. The van der Waals surface area contributed by atoms with Gasteiger partial charge in [0.05, 0.1) is 25.6 Å². The Morgan fingerprint density at radius 1 is 0.831 bits per heavy atom. The second-order valence-electron chi connectivity index (χ2n) is 23.9.